The Morgan fingerprint density at radius 3 is 2.54 bits per heavy atom. The first kappa shape index (κ1) is 26.2. The molecule has 4 atom stereocenters. The van der Waals surface area contributed by atoms with Crippen LogP contribution in [0.5, 0.6) is 0 Å². The van der Waals surface area contributed by atoms with Crippen LogP contribution in [-0.4, -0.2) is 57.4 Å². The standard InChI is InChI=1S/C26H35N5O4/c1-4-21(26(34)35)31-13-12-19(18-8-6-5-7-9-18)14-22(31)25(33)30-17(3)24(32)28-15-20-10-11-23(27)29-16(20)2/h5-11,17,19,21-22H,4,12-15H2,1-3H3,(H2,27,29)(H,28,32)(H,30,33)(H,34,35)/t17-,19-,21?,22+/m0/s1. The second-order valence-electron chi connectivity index (χ2n) is 9.08. The molecular formula is C26H35N5O4. The lowest BCUT2D eigenvalue weighted by atomic mass is 9.84. The highest BCUT2D eigenvalue weighted by Crippen LogP contribution is 2.33. The summed E-state index contributed by atoms with van der Waals surface area (Å²) >= 11 is 0. The second-order valence-corrected chi connectivity index (χ2v) is 9.08. The Kier molecular flexibility index (Phi) is 8.81. The van der Waals surface area contributed by atoms with Gasteiger partial charge in [0.2, 0.25) is 11.8 Å². The molecule has 1 aliphatic rings. The zero-order chi connectivity index (χ0) is 25.5. The number of pyridine rings is 1. The molecule has 9 heteroatoms. The number of hydrogen-bond donors (Lipinski definition) is 4. The van der Waals surface area contributed by atoms with Crippen molar-refractivity contribution in [3.05, 3.63) is 59.3 Å². The molecule has 2 aromatic rings. The summed E-state index contributed by atoms with van der Waals surface area (Å²) in [4.78, 5) is 43.9. The maximum absolute atomic E-state index is 13.4. The predicted molar refractivity (Wildman–Crippen MR) is 133 cm³/mol. The van der Waals surface area contributed by atoms with E-state index in [0.29, 0.717) is 25.2 Å². The molecule has 1 unspecified atom stereocenters. The van der Waals surface area contributed by atoms with Crippen molar-refractivity contribution in [2.24, 2.45) is 0 Å². The highest BCUT2D eigenvalue weighted by molar-refractivity contribution is 5.90. The number of aliphatic carboxylic acids is 1. The minimum Gasteiger partial charge on any atom is -0.480 e. The number of carboxylic acid groups (broad SMARTS) is 1. The average molecular weight is 482 g/mol. The van der Waals surface area contributed by atoms with E-state index in [-0.39, 0.29) is 24.3 Å². The molecule has 0 bridgehead atoms. The predicted octanol–water partition coefficient (Wildman–Crippen LogP) is 2.20. The lowest BCUT2D eigenvalue weighted by Crippen LogP contribution is -2.58. The fourth-order valence-electron chi connectivity index (χ4n) is 4.70. The van der Waals surface area contributed by atoms with E-state index in [1.54, 1.807) is 24.8 Å². The van der Waals surface area contributed by atoms with Crippen LogP contribution in [0.15, 0.2) is 42.5 Å². The molecule has 0 saturated carbocycles. The molecule has 1 aromatic heterocycles. The molecule has 35 heavy (non-hydrogen) atoms. The van der Waals surface area contributed by atoms with Crippen molar-refractivity contribution in [3.8, 4) is 0 Å². The molecule has 0 aliphatic carbocycles. The summed E-state index contributed by atoms with van der Waals surface area (Å²) in [5.41, 5.74) is 8.37. The third-order valence-corrected chi connectivity index (χ3v) is 6.71. The fourth-order valence-corrected chi connectivity index (χ4v) is 4.70. The number of nitrogens with one attached hydrogen (secondary N) is 2. The number of carbonyl (C=O) groups is 3. The Morgan fingerprint density at radius 1 is 1.20 bits per heavy atom. The van der Waals surface area contributed by atoms with Gasteiger partial charge >= 0.3 is 5.97 Å². The van der Waals surface area contributed by atoms with Crippen molar-refractivity contribution in [2.75, 3.05) is 12.3 Å². The third kappa shape index (κ3) is 6.57. The van der Waals surface area contributed by atoms with Crippen molar-refractivity contribution in [3.63, 3.8) is 0 Å². The van der Waals surface area contributed by atoms with Gasteiger partial charge in [-0.2, -0.15) is 0 Å². The van der Waals surface area contributed by atoms with Crippen molar-refractivity contribution >= 4 is 23.6 Å². The Labute approximate surface area is 206 Å². The van der Waals surface area contributed by atoms with Crippen LogP contribution in [0.2, 0.25) is 0 Å². The van der Waals surface area contributed by atoms with Gasteiger partial charge in [0.05, 0.1) is 6.04 Å². The van der Waals surface area contributed by atoms with E-state index in [4.69, 9.17) is 5.73 Å². The van der Waals surface area contributed by atoms with Gasteiger partial charge in [0.15, 0.2) is 0 Å². The molecule has 2 heterocycles. The van der Waals surface area contributed by atoms with Crippen LogP contribution in [-0.2, 0) is 20.9 Å². The molecule has 1 saturated heterocycles. The van der Waals surface area contributed by atoms with Crippen molar-refractivity contribution in [1.82, 2.24) is 20.5 Å². The van der Waals surface area contributed by atoms with Crippen molar-refractivity contribution < 1.29 is 19.5 Å². The number of benzene rings is 1. The number of aryl methyl sites for hydroxylation is 1. The van der Waals surface area contributed by atoms with Gasteiger partial charge in [-0.3, -0.25) is 19.3 Å². The normalized spacial score (nSPS) is 20.0. The molecule has 1 aromatic carbocycles. The first-order valence-electron chi connectivity index (χ1n) is 12.0. The molecule has 0 radical (unpaired) electrons. The van der Waals surface area contributed by atoms with Crippen LogP contribution in [0, 0.1) is 6.92 Å². The number of rotatable bonds is 9. The molecule has 0 spiro atoms. The van der Waals surface area contributed by atoms with Crippen LogP contribution in [0.4, 0.5) is 5.82 Å². The number of nitrogen functional groups attached to an aromatic ring is 1. The number of anilines is 1. The molecular weight excluding hydrogens is 446 g/mol. The first-order valence-corrected chi connectivity index (χ1v) is 12.0. The molecule has 1 fully saturated rings. The quantitative estimate of drug-likeness (QED) is 0.431. The van der Waals surface area contributed by atoms with Gasteiger partial charge in [0, 0.05) is 18.8 Å². The highest BCUT2D eigenvalue weighted by atomic mass is 16.4. The zero-order valence-corrected chi connectivity index (χ0v) is 20.5. The number of likely N-dealkylation sites (tertiary alicyclic amines) is 1. The van der Waals surface area contributed by atoms with Gasteiger partial charge < -0.3 is 21.5 Å². The SMILES string of the molecule is CCC(C(=O)O)N1CC[C@H](c2ccccc2)C[C@@H]1C(=O)N[C@@H](C)C(=O)NCc1ccc(N)nc1C. The number of aromatic nitrogens is 1. The van der Waals surface area contributed by atoms with Crippen molar-refractivity contribution in [2.45, 2.75) is 70.6 Å². The average Bonchev–Trinajstić information content (AvgIpc) is 2.84. The van der Waals surface area contributed by atoms with Gasteiger partial charge in [-0.1, -0.05) is 43.3 Å². The Hall–Kier alpha value is -3.46. The largest absolute Gasteiger partial charge is 0.480 e. The van der Waals surface area contributed by atoms with Crippen LogP contribution in [0.1, 0.15) is 55.8 Å². The van der Waals surface area contributed by atoms with Gasteiger partial charge in [-0.05, 0) is 56.2 Å². The number of amides is 2. The number of hydrogen-bond acceptors (Lipinski definition) is 6. The van der Waals surface area contributed by atoms with Gasteiger partial charge in [-0.25, -0.2) is 4.98 Å². The Morgan fingerprint density at radius 2 is 1.91 bits per heavy atom. The van der Waals surface area contributed by atoms with E-state index in [9.17, 15) is 19.5 Å². The monoisotopic (exact) mass is 481 g/mol. The van der Waals surface area contributed by atoms with Gasteiger partial charge in [-0.15, -0.1) is 0 Å². The van der Waals surface area contributed by atoms with Crippen molar-refractivity contribution in [1.29, 1.82) is 0 Å². The van der Waals surface area contributed by atoms with E-state index in [1.807, 2.05) is 43.3 Å². The lowest BCUT2D eigenvalue weighted by Gasteiger charge is -2.41. The molecule has 2 amide bonds. The number of nitrogens with two attached hydrogens (primary N) is 1. The summed E-state index contributed by atoms with van der Waals surface area (Å²) in [7, 11) is 0. The summed E-state index contributed by atoms with van der Waals surface area (Å²) in [5, 5.41) is 15.4. The molecule has 5 N–H and O–H groups in total. The first-order chi connectivity index (χ1) is 16.7. The summed E-state index contributed by atoms with van der Waals surface area (Å²) in [5.74, 6) is -1.06. The summed E-state index contributed by atoms with van der Waals surface area (Å²) in [6.45, 7) is 6.00. The molecule has 1 aliphatic heterocycles. The second kappa shape index (κ2) is 11.8. The Balaban J connectivity index is 1.69. The topological polar surface area (TPSA) is 138 Å². The van der Waals surface area contributed by atoms with Gasteiger partial charge in [0.1, 0.15) is 17.9 Å². The molecule has 3 rings (SSSR count). The van der Waals surface area contributed by atoms with Crippen LogP contribution >= 0.6 is 0 Å². The van der Waals surface area contributed by atoms with Crippen LogP contribution in [0.3, 0.4) is 0 Å². The van der Waals surface area contributed by atoms with E-state index in [1.165, 1.54) is 0 Å². The fraction of sp³-hybridized carbons (Fsp3) is 0.462. The smallest absolute Gasteiger partial charge is 0.320 e. The van der Waals surface area contributed by atoms with Crippen LogP contribution in [0.25, 0.3) is 0 Å². The maximum Gasteiger partial charge on any atom is 0.320 e. The van der Waals surface area contributed by atoms with E-state index < -0.39 is 24.1 Å². The highest BCUT2D eigenvalue weighted by Gasteiger charge is 2.40. The molecule has 188 valence electrons. The number of nitrogens with zero attached hydrogens (tertiary/aromatic N) is 2. The number of carbonyl (C=O) groups excluding carboxylic acids is 2. The van der Waals surface area contributed by atoms with E-state index in [0.717, 1.165) is 23.2 Å². The third-order valence-electron chi connectivity index (χ3n) is 6.71. The maximum atomic E-state index is 13.4. The Bertz CT molecular complexity index is 1050. The summed E-state index contributed by atoms with van der Waals surface area (Å²) in [6.07, 6.45) is 1.65. The van der Waals surface area contributed by atoms with E-state index in [2.05, 4.69) is 15.6 Å². The van der Waals surface area contributed by atoms with Gasteiger partial charge in [0.25, 0.3) is 0 Å². The number of carboxylic acids is 1. The minimum absolute atomic E-state index is 0.139. The summed E-state index contributed by atoms with van der Waals surface area (Å²) in [6, 6.07) is 11.2. The minimum atomic E-state index is -0.943. The lowest BCUT2D eigenvalue weighted by molar-refractivity contribution is -0.147. The molecule has 9 nitrogen and oxygen atoms in total. The number of piperidine rings is 1. The van der Waals surface area contributed by atoms with Crippen LogP contribution < -0.4 is 16.4 Å². The zero-order valence-electron chi connectivity index (χ0n) is 20.5. The van der Waals surface area contributed by atoms with E-state index >= 15 is 0 Å². The summed E-state index contributed by atoms with van der Waals surface area (Å²) < 4.78 is 0.